The van der Waals surface area contributed by atoms with Gasteiger partial charge in [0, 0.05) is 24.3 Å². The number of thioether (sulfide) groups is 1. The first-order valence-corrected chi connectivity index (χ1v) is 8.83. The van der Waals surface area contributed by atoms with Crippen molar-refractivity contribution in [2.24, 2.45) is 0 Å². The lowest BCUT2D eigenvalue weighted by molar-refractivity contribution is -0.134. The molecule has 1 saturated carbocycles. The van der Waals surface area contributed by atoms with Crippen LogP contribution >= 0.6 is 11.8 Å². The van der Waals surface area contributed by atoms with Crippen LogP contribution in [0.15, 0.2) is 22.6 Å². The topological polar surface area (TPSA) is 75.4 Å². The summed E-state index contributed by atoms with van der Waals surface area (Å²) in [5, 5.41) is 2.89. The van der Waals surface area contributed by atoms with Gasteiger partial charge in [0.1, 0.15) is 11.6 Å². The van der Waals surface area contributed by atoms with E-state index in [-0.39, 0.29) is 11.8 Å². The highest BCUT2D eigenvalue weighted by atomic mass is 32.2. The molecule has 120 valence electrons. The molecule has 1 aliphatic carbocycles. The van der Waals surface area contributed by atoms with Gasteiger partial charge in [0.15, 0.2) is 11.5 Å². The van der Waals surface area contributed by atoms with E-state index in [9.17, 15) is 9.59 Å². The molecular formula is C16H17N3O3S. The number of hydrogen-bond acceptors (Lipinski definition) is 5. The van der Waals surface area contributed by atoms with Gasteiger partial charge in [-0.3, -0.25) is 9.59 Å². The Balaban J connectivity index is 1.52. The van der Waals surface area contributed by atoms with Crippen LogP contribution in [0.3, 0.4) is 0 Å². The quantitative estimate of drug-likeness (QED) is 0.935. The predicted molar refractivity (Wildman–Crippen MR) is 88.2 cm³/mol. The molecule has 1 aromatic heterocycles. The number of aromatic nitrogens is 1. The van der Waals surface area contributed by atoms with Gasteiger partial charge in [0.25, 0.3) is 0 Å². The van der Waals surface area contributed by atoms with Crippen LogP contribution in [0.25, 0.3) is 11.1 Å². The summed E-state index contributed by atoms with van der Waals surface area (Å²) in [7, 11) is 0. The van der Waals surface area contributed by atoms with Gasteiger partial charge >= 0.3 is 0 Å². The highest BCUT2D eigenvalue weighted by molar-refractivity contribution is 7.99. The minimum atomic E-state index is -0.410. The molecule has 2 aliphatic rings. The minimum absolute atomic E-state index is 0.0730. The first-order valence-electron chi connectivity index (χ1n) is 7.68. The van der Waals surface area contributed by atoms with Gasteiger partial charge in [0.2, 0.25) is 11.8 Å². The van der Waals surface area contributed by atoms with Crippen molar-refractivity contribution >= 4 is 40.4 Å². The van der Waals surface area contributed by atoms with Crippen LogP contribution in [-0.2, 0) is 9.59 Å². The van der Waals surface area contributed by atoms with Crippen LogP contribution in [0.2, 0.25) is 0 Å². The molecule has 1 aliphatic heterocycles. The Morgan fingerprint density at radius 2 is 2.22 bits per heavy atom. The minimum Gasteiger partial charge on any atom is -0.440 e. The van der Waals surface area contributed by atoms with E-state index in [0.717, 1.165) is 29.8 Å². The van der Waals surface area contributed by atoms with Gasteiger partial charge in [-0.1, -0.05) is 0 Å². The van der Waals surface area contributed by atoms with Crippen LogP contribution in [-0.4, -0.2) is 39.4 Å². The number of nitrogens with zero attached hydrogens (tertiary/aromatic N) is 2. The number of carbonyl (C=O) groups is 2. The van der Waals surface area contributed by atoms with E-state index < -0.39 is 6.04 Å². The average molecular weight is 331 g/mol. The van der Waals surface area contributed by atoms with Crippen molar-refractivity contribution in [2.45, 2.75) is 31.7 Å². The maximum absolute atomic E-state index is 12.4. The standard InChI is InChI=1S/C16H17N3O3S/c1-9(20)19-8-23-7-13(19)15(21)17-11-4-5-14-12(6-11)18-16(22-14)10-2-3-10/h4-6,10,13H,2-3,7-8H2,1H3,(H,17,21)/t13-/m0/s1. The molecule has 2 aromatic rings. The smallest absolute Gasteiger partial charge is 0.248 e. The number of amides is 2. The third-order valence-corrected chi connectivity index (χ3v) is 5.20. The van der Waals surface area contributed by atoms with Gasteiger partial charge < -0.3 is 14.6 Å². The summed E-state index contributed by atoms with van der Waals surface area (Å²) in [5.74, 6) is 2.22. The lowest BCUT2D eigenvalue weighted by Crippen LogP contribution is -2.43. The van der Waals surface area contributed by atoms with E-state index in [2.05, 4.69) is 10.3 Å². The van der Waals surface area contributed by atoms with Crippen molar-refractivity contribution in [1.82, 2.24) is 9.88 Å². The molecular weight excluding hydrogens is 314 g/mol. The van der Waals surface area contributed by atoms with Crippen molar-refractivity contribution in [3.05, 3.63) is 24.1 Å². The zero-order chi connectivity index (χ0) is 16.0. The molecule has 4 rings (SSSR count). The van der Waals surface area contributed by atoms with Crippen molar-refractivity contribution in [2.75, 3.05) is 16.9 Å². The normalized spacial score (nSPS) is 20.9. The number of rotatable bonds is 3. The molecule has 6 nitrogen and oxygen atoms in total. The number of nitrogens with one attached hydrogen (secondary N) is 1. The predicted octanol–water partition coefficient (Wildman–Crippen LogP) is 2.57. The zero-order valence-electron chi connectivity index (χ0n) is 12.7. The Kier molecular flexibility index (Phi) is 3.52. The van der Waals surface area contributed by atoms with Crippen molar-refractivity contribution in [3.63, 3.8) is 0 Å². The third-order valence-electron chi connectivity index (χ3n) is 4.19. The Morgan fingerprint density at radius 1 is 1.39 bits per heavy atom. The number of hydrogen-bond donors (Lipinski definition) is 1. The van der Waals surface area contributed by atoms with Crippen molar-refractivity contribution in [3.8, 4) is 0 Å². The molecule has 1 atom stereocenters. The molecule has 0 radical (unpaired) electrons. The highest BCUT2D eigenvalue weighted by Gasteiger charge is 2.33. The lowest BCUT2D eigenvalue weighted by Gasteiger charge is -2.21. The van der Waals surface area contributed by atoms with Gasteiger partial charge in [-0.25, -0.2) is 4.98 Å². The summed E-state index contributed by atoms with van der Waals surface area (Å²) < 4.78 is 5.72. The molecule has 23 heavy (non-hydrogen) atoms. The first-order chi connectivity index (χ1) is 11.1. The van der Waals surface area contributed by atoms with E-state index in [1.54, 1.807) is 16.7 Å². The monoisotopic (exact) mass is 331 g/mol. The van der Waals surface area contributed by atoms with Gasteiger partial charge in [-0.05, 0) is 31.0 Å². The largest absolute Gasteiger partial charge is 0.440 e. The molecule has 0 spiro atoms. The van der Waals surface area contributed by atoms with Gasteiger partial charge in [-0.15, -0.1) is 11.8 Å². The Labute approximate surface area is 137 Å². The maximum Gasteiger partial charge on any atom is 0.248 e. The summed E-state index contributed by atoms with van der Waals surface area (Å²) >= 11 is 1.59. The molecule has 1 saturated heterocycles. The fraction of sp³-hybridized carbons (Fsp3) is 0.438. The highest BCUT2D eigenvalue weighted by Crippen LogP contribution is 2.40. The molecule has 0 bridgehead atoms. The van der Waals surface area contributed by atoms with Gasteiger partial charge in [-0.2, -0.15) is 0 Å². The van der Waals surface area contributed by atoms with Crippen LogP contribution in [0.5, 0.6) is 0 Å². The molecule has 2 fully saturated rings. The van der Waals surface area contributed by atoms with Crippen LogP contribution in [0, 0.1) is 0 Å². The third kappa shape index (κ3) is 2.81. The lowest BCUT2D eigenvalue weighted by atomic mass is 10.2. The summed E-state index contributed by atoms with van der Waals surface area (Å²) in [5.41, 5.74) is 2.18. The fourth-order valence-corrected chi connectivity index (χ4v) is 3.94. The number of fused-ring (bicyclic) bond motifs is 1. The Morgan fingerprint density at radius 3 is 2.96 bits per heavy atom. The second-order valence-electron chi connectivity index (χ2n) is 6.00. The van der Waals surface area contributed by atoms with E-state index >= 15 is 0 Å². The van der Waals surface area contributed by atoms with Crippen molar-refractivity contribution < 1.29 is 14.0 Å². The second kappa shape index (κ2) is 5.56. The summed E-state index contributed by atoms with van der Waals surface area (Å²) in [4.78, 5) is 30.1. The number of carbonyl (C=O) groups excluding carboxylic acids is 2. The van der Waals surface area contributed by atoms with Crippen LogP contribution in [0.1, 0.15) is 31.6 Å². The second-order valence-corrected chi connectivity index (χ2v) is 7.00. The molecule has 0 unspecified atom stereocenters. The van der Waals surface area contributed by atoms with E-state index in [4.69, 9.17) is 4.42 Å². The molecule has 2 amide bonds. The maximum atomic E-state index is 12.4. The molecule has 1 N–H and O–H groups in total. The average Bonchev–Trinajstić information content (AvgIpc) is 3.10. The van der Waals surface area contributed by atoms with E-state index in [1.807, 2.05) is 18.2 Å². The SMILES string of the molecule is CC(=O)N1CSC[C@H]1C(=O)Nc1ccc2oc(C3CC3)nc2c1. The fourth-order valence-electron chi connectivity index (χ4n) is 2.72. The Bertz CT molecular complexity index is 784. The van der Waals surface area contributed by atoms with Crippen LogP contribution in [0.4, 0.5) is 5.69 Å². The first kappa shape index (κ1) is 14.6. The zero-order valence-corrected chi connectivity index (χ0v) is 13.6. The number of benzene rings is 1. The number of anilines is 1. The van der Waals surface area contributed by atoms with Crippen LogP contribution < -0.4 is 5.32 Å². The molecule has 2 heterocycles. The van der Waals surface area contributed by atoms with E-state index in [0.29, 0.717) is 23.2 Å². The Hall–Kier alpha value is -2.02. The summed E-state index contributed by atoms with van der Waals surface area (Å²) in [6.07, 6.45) is 2.27. The summed E-state index contributed by atoms with van der Waals surface area (Å²) in [6, 6.07) is 5.05. The molecule has 7 heteroatoms. The number of oxazole rings is 1. The molecule has 1 aromatic carbocycles. The summed E-state index contributed by atoms with van der Waals surface area (Å²) in [6.45, 7) is 1.49. The van der Waals surface area contributed by atoms with E-state index in [1.165, 1.54) is 6.92 Å². The van der Waals surface area contributed by atoms with Crippen molar-refractivity contribution in [1.29, 1.82) is 0 Å². The van der Waals surface area contributed by atoms with Gasteiger partial charge in [0.05, 0.1) is 5.88 Å².